The van der Waals surface area contributed by atoms with E-state index < -0.39 is 6.36 Å². The van der Waals surface area contributed by atoms with Crippen LogP contribution in [0.5, 0.6) is 5.75 Å². The summed E-state index contributed by atoms with van der Waals surface area (Å²) in [6.45, 7) is 3.91. The molecule has 0 amide bonds. The maximum absolute atomic E-state index is 12.3. The molecule has 0 aliphatic carbocycles. The summed E-state index contributed by atoms with van der Waals surface area (Å²) in [4.78, 5) is 4.28. The van der Waals surface area contributed by atoms with Crippen LogP contribution in [-0.2, 0) is 0 Å². The van der Waals surface area contributed by atoms with Gasteiger partial charge in [0.1, 0.15) is 12.1 Å². The van der Waals surface area contributed by atoms with Crippen molar-refractivity contribution in [1.29, 1.82) is 0 Å². The van der Waals surface area contributed by atoms with E-state index in [4.69, 9.17) is 23.8 Å². The summed E-state index contributed by atoms with van der Waals surface area (Å²) in [7, 11) is 0. The first-order valence-corrected chi connectivity index (χ1v) is 11.6. The zero-order valence-corrected chi connectivity index (χ0v) is 21.1. The van der Waals surface area contributed by atoms with Crippen LogP contribution in [0.1, 0.15) is 16.7 Å². The van der Waals surface area contributed by atoms with E-state index in [0.29, 0.717) is 21.6 Å². The predicted molar refractivity (Wildman–Crippen MR) is 141 cm³/mol. The van der Waals surface area contributed by atoms with Crippen molar-refractivity contribution in [1.82, 2.24) is 20.2 Å². The van der Waals surface area contributed by atoms with Gasteiger partial charge in [-0.2, -0.15) is 5.10 Å². The van der Waals surface area contributed by atoms with Crippen molar-refractivity contribution >= 4 is 40.8 Å². The van der Waals surface area contributed by atoms with Gasteiger partial charge in [0, 0.05) is 5.56 Å². The highest BCUT2D eigenvalue weighted by Crippen LogP contribution is 2.27. The topological polar surface area (TPSA) is 76.4 Å². The maximum atomic E-state index is 12.3. The fraction of sp³-hybridized carbons (Fsp3) is 0.120. The number of anilines is 1. The summed E-state index contributed by atoms with van der Waals surface area (Å²) in [5, 5.41) is 12.5. The smallest absolute Gasteiger partial charge is 0.406 e. The summed E-state index contributed by atoms with van der Waals surface area (Å²) in [5.74, 6) is 0.141. The first-order chi connectivity index (χ1) is 17.6. The summed E-state index contributed by atoms with van der Waals surface area (Å²) < 4.78 is 42.3. The van der Waals surface area contributed by atoms with Crippen molar-refractivity contribution in [2.75, 3.05) is 5.32 Å². The number of aryl methyl sites for hydroxylation is 2. The molecule has 37 heavy (non-hydrogen) atoms. The molecule has 1 heterocycles. The van der Waals surface area contributed by atoms with Crippen LogP contribution in [0, 0.1) is 13.8 Å². The lowest BCUT2D eigenvalue weighted by atomic mass is 10.1. The van der Waals surface area contributed by atoms with Gasteiger partial charge in [-0.25, -0.2) is 9.67 Å². The second kappa shape index (κ2) is 11.0. The summed E-state index contributed by atoms with van der Waals surface area (Å²) >= 11 is 11.6. The Morgan fingerprint density at radius 2 is 1.78 bits per heavy atom. The summed E-state index contributed by atoms with van der Waals surface area (Å²) in [6.07, 6.45) is -1.66. The Hall–Kier alpha value is -3.96. The molecule has 0 atom stereocenters. The van der Waals surface area contributed by atoms with Crippen LogP contribution < -0.4 is 15.5 Å². The molecular weight excluding hydrogens is 525 g/mol. The van der Waals surface area contributed by atoms with Crippen molar-refractivity contribution in [2.24, 2.45) is 5.10 Å². The van der Waals surface area contributed by atoms with E-state index in [1.807, 2.05) is 50.2 Å². The van der Waals surface area contributed by atoms with E-state index in [1.54, 1.807) is 6.21 Å². The van der Waals surface area contributed by atoms with Gasteiger partial charge in [0.15, 0.2) is 10.9 Å². The van der Waals surface area contributed by atoms with Gasteiger partial charge in [0.2, 0.25) is 0 Å². The number of halogens is 4. The molecule has 0 aliphatic heterocycles. The van der Waals surface area contributed by atoms with Crippen molar-refractivity contribution in [3.8, 4) is 22.8 Å². The Morgan fingerprint density at radius 1 is 1.08 bits per heavy atom. The van der Waals surface area contributed by atoms with Crippen molar-refractivity contribution in [3.05, 3.63) is 88.7 Å². The Bertz CT molecular complexity index is 1410. The van der Waals surface area contributed by atoms with Gasteiger partial charge in [-0.3, -0.25) is 5.43 Å². The van der Waals surface area contributed by atoms with Gasteiger partial charge in [0.05, 0.1) is 22.6 Å². The van der Waals surface area contributed by atoms with Gasteiger partial charge < -0.3 is 10.1 Å². The van der Waals surface area contributed by atoms with E-state index in [2.05, 4.69) is 30.7 Å². The normalized spacial score (nSPS) is 11.5. The van der Waals surface area contributed by atoms with Crippen molar-refractivity contribution in [2.45, 2.75) is 20.2 Å². The molecule has 0 radical (unpaired) electrons. The molecule has 4 rings (SSSR count). The largest absolute Gasteiger partial charge is 0.573 e. The minimum atomic E-state index is -4.74. The van der Waals surface area contributed by atoms with E-state index in [9.17, 15) is 13.2 Å². The lowest BCUT2D eigenvalue weighted by Gasteiger charge is -2.12. The molecule has 12 heteroatoms. The third-order valence-electron chi connectivity index (χ3n) is 5.05. The van der Waals surface area contributed by atoms with E-state index >= 15 is 0 Å². The van der Waals surface area contributed by atoms with Gasteiger partial charge >= 0.3 is 6.36 Å². The van der Waals surface area contributed by atoms with Crippen molar-refractivity contribution < 1.29 is 17.9 Å². The van der Waals surface area contributed by atoms with Gasteiger partial charge in [-0.1, -0.05) is 41.9 Å². The summed E-state index contributed by atoms with van der Waals surface area (Å²) in [5.41, 5.74) is 7.62. The molecule has 0 saturated heterocycles. The first-order valence-electron chi connectivity index (χ1n) is 10.8. The van der Waals surface area contributed by atoms with Crippen LogP contribution in [-0.4, -0.2) is 32.5 Å². The zero-order valence-electron chi connectivity index (χ0n) is 19.5. The second-order valence-corrected chi connectivity index (χ2v) is 8.75. The first kappa shape index (κ1) is 26.1. The predicted octanol–water partition coefficient (Wildman–Crippen LogP) is 6.42. The minimum absolute atomic E-state index is 0.300. The fourth-order valence-corrected chi connectivity index (χ4v) is 3.94. The standard InChI is InChI=1S/C25H20ClF3N6OS/c1-15-11-16(2)22(21(26)12-15)32-24(37)33-31-13-17-3-5-18(6-4-17)23-30-14-35(34-23)19-7-9-20(10-8-19)36-25(27,28)29/h3-14H,1-2H3,(H2,32,33,37). The molecule has 190 valence electrons. The molecule has 0 unspecified atom stereocenters. The Balaban J connectivity index is 1.35. The molecule has 4 aromatic rings. The number of nitrogens with one attached hydrogen (secondary N) is 2. The van der Waals surface area contributed by atoms with Crippen LogP contribution in [0.4, 0.5) is 18.9 Å². The highest BCUT2D eigenvalue weighted by molar-refractivity contribution is 7.80. The maximum Gasteiger partial charge on any atom is 0.573 e. The molecule has 0 fully saturated rings. The second-order valence-electron chi connectivity index (χ2n) is 7.94. The van der Waals surface area contributed by atoms with Gasteiger partial charge in [0.25, 0.3) is 0 Å². The monoisotopic (exact) mass is 544 g/mol. The molecular formula is C25H20ClF3N6OS. The molecule has 1 aromatic heterocycles. The Morgan fingerprint density at radius 3 is 2.43 bits per heavy atom. The third kappa shape index (κ3) is 7.05. The fourth-order valence-electron chi connectivity index (χ4n) is 3.42. The van der Waals surface area contributed by atoms with Crippen LogP contribution >= 0.6 is 23.8 Å². The highest BCUT2D eigenvalue weighted by atomic mass is 35.5. The lowest BCUT2D eigenvalue weighted by Crippen LogP contribution is -2.24. The summed E-state index contributed by atoms with van der Waals surface area (Å²) in [6, 6.07) is 16.5. The molecule has 0 aliphatic rings. The number of aromatic nitrogens is 3. The zero-order chi connectivity index (χ0) is 26.6. The molecule has 3 aromatic carbocycles. The number of alkyl halides is 3. The quantitative estimate of drug-likeness (QED) is 0.166. The Labute approximate surface area is 220 Å². The Kier molecular flexibility index (Phi) is 7.74. The minimum Gasteiger partial charge on any atom is -0.406 e. The van der Waals surface area contributed by atoms with Gasteiger partial charge in [-0.05, 0) is 73.1 Å². The number of nitrogens with zero attached hydrogens (tertiary/aromatic N) is 4. The SMILES string of the molecule is Cc1cc(C)c(NC(=S)NN=Cc2ccc(-c3ncn(-c4ccc(OC(F)(F)F)cc4)n3)cc2)c(Cl)c1. The average Bonchev–Trinajstić information content (AvgIpc) is 3.32. The van der Waals surface area contributed by atoms with E-state index in [1.165, 1.54) is 35.3 Å². The number of benzene rings is 3. The number of thiocarbonyl (C=S) groups is 1. The number of rotatable bonds is 6. The van der Waals surface area contributed by atoms with E-state index in [-0.39, 0.29) is 5.75 Å². The number of ether oxygens (including phenoxy) is 1. The van der Waals surface area contributed by atoms with Crippen molar-refractivity contribution in [3.63, 3.8) is 0 Å². The molecule has 7 nitrogen and oxygen atoms in total. The van der Waals surface area contributed by atoms with Gasteiger partial charge in [-0.15, -0.1) is 18.3 Å². The van der Waals surface area contributed by atoms with Crippen LogP contribution in [0.15, 0.2) is 72.1 Å². The molecule has 0 bridgehead atoms. The molecule has 0 spiro atoms. The van der Waals surface area contributed by atoms with Crippen LogP contribution in [0.3, 0.4) is 0 Å². The number of hydrazone groups is 1. The highest BCUT2D eigenvalue weighted by Gasteiger charge is 2.31. The third-order valence-corrected chi connectivity index (χ3v) is 5.54. The number of hydrogen-bond acceptors (Lipinski definition) is 5. The molecule has 0 saturated carbocycles. The lowest BCUT2D eigenvalue weighted by molar-refractivity contribution is -0.274. The van der Waals surface area contributed by atoms with Crippen LogP contribution in [0.25, 0.3) is 17.1 Å². The van der Waals surface area contributed by atoms with E-state index in [0.717, 1.165) is 27.9 Å². The number of hydrogen-bond donors (Lipinski definition) is 2. The molecule has 2 N–H and O–H groups in total. The average molecular weight is 545 g/mol. The van der Waals surface area contributed by atoms with Crippen LogP contribution in [0.2, 0.25) is 5.02 Å².